The standard InChI is InChI=1S/C11H13Cl2N3O/c1-11(2,6-14)4-3-5-16-7-15-9(13)8(12)10(16)17/h7H,3-5H2,1-2H3. The summed E-state index contributed by atoms with van der Waals surface area (Å²) in [6, 6.07) is 2.21. The second-order valence-electron chi connectivity index (χ2n) is 4.45. The minimum atomic E-state index is -0.382. The van der Waals surface area contributed by atoms with Crippen molar-refractivity contribution in [2.45, 2.75) is 33.2 Å². The van der Waals surface area contributed by atoms with Crippen molar-refractivity contribution in [3.63, 3.8) is 0 Å². The first kappa shape index (κ1) is 14.0. The largest absolute Gasteiger partial charge is 0.298 e. The van der Waals surface area contributed by atoms with Gasteiger partial charge < -0.3 is 0 Å². The minimum Gasteiger partial charge on any atom is -0.298 e. The molecule has 0 unspecified atom stereocenters. The van der Waals surface area contributed by atoms with Crippen LogP contribution in [0.4, 0.5) is 0 Å². The van der Waals surface area contributed by atoms with Gasteiger partial charge in [0.2, 0.25) is 0 Å². The quantitative estimate of drug-likeness (QED) is 0.793. The zero-order valence-electron chi connectivity index (χ0n) is 9.70. The van der Waals surface area contributed by atoms with Gasteiger partial charge in [-0.25, -0.2) is 4.98 Å². The van der Waals surface area contributed by atoms with Crippen molar-refractivity contribution < 1.29 is 0 Å². The molecule has 4 nitrogen and oxygen atoms in total. The van der Waals surface area contributed by atoms with Crippen molar-refractivity contribution in [1.29, 1.82) is 5.26 Å². The maximum Gasteiger partial charge on any atom is 0.273 e. The molecule has 0 saturated carbocycles. The third-order valence-corrected chi connectivity index (χ3v) is 3.17. The molecule has 0 radical (unpaired) electrons. The maximum absolute atomic E-state index is 11.7. The topological polar surface area (TPSA) is 58.7 Å². The Kier molecular flexibility index (Phi) is 4.55. The molecule has 6 heteroatoms. The van der Waals surface area contributed by atoms with Crippen LogP contribution in [0.1, 0.15) is 26.7 Å². The van der Waals surface area contributed by atoms with Gasteiger partial charge in [0.25, 0.3) is 5.56 Å². The molecule has 0 saturated heterocycles. The Bertz CT molecular complexity index is 502. The Balaban J connectivity index is 2.70. The molecule has 0 aromatic carbocycles. The number of aryl methyl sites for hydroxylation is 1. The number of hydrogen-bond donors (Lipinski definition) is 0. The van der Waals surface area contributed by atoms with Gasteiger partial charge >= 0.3 is 0 Å². The number of aromatic nitrogens is 2. The van der Waals surface area contributed by atoms with Crippen LogP contribution in [0.25, 0.3) is 0 Å². The smallest absolute Gasteiger partial charge is 0.273 e. The van der Waals surface area contributed by atoms with Gasteiger partial charge in [-0.2, -0.15) is 5.26 Å². The molecule has 0 N–H and O–H groups in total. The summed E-state index contributed by atoms with van der Waals surface area (Å²) in [6.07, 6.45) is 2.78. The van der Waals surface area contributed by atoms with Gasteiger partial charge in [-0.3, -0.25) is 9.36 Å². The van der Waals surface area contributed by atoms with Gasteiger partial charge in [-0.05, 0) is 26.7 Å². The van der Waals surface area contributed by atoms with Crippen LogP contribution in [0.2, 0.25) is 10.2 Å². The molecule has 0 aliphatic rings. The normalized spacial score (nSPS) is 11.2. The number of nitriles is 1. The van der Waals surface area contributed by atoms with Crippen molar-refractivity contribution in [2.75, 3.05) is 0 Å². The van der Waals surface area contributed by atoms with Gasteiger partial charge in [0, 0.05) is 6.54 Å². The Morgan fingerprint density at radius 3 is 2.76 bits per heavy atom. The third-order valence-electron chi connectivity index (χ3n) is 2.44. The molecule has 0 fully saturated rings. The van der Waals surface area contributed by atoms with Crippen LogP contribution in [-0.4, -0.2) is 9.55 Å². The molecule has 0 amide bonds. The summed E-state index contributed by atoms with van der Waals surface area (Å²) >= 11 is 11.3. The SMILES string of the molecule is CC(C)(C#N)CCCn1cnc(Cl)c(Cl)c1=O. The molecule has 0 atom stereocenters. The van der Waals surface area contributed by atoms with E-state index in [1.165, 1.54) is 10.9 Å². The van der Waals surface area contributed by atoms with Crippen LogP contribution >= 0.6 is 23.2 Å². The molecule has 1 rings (SSSR count). The molecule has 0 aliphatic carbocycles. The molecule has 1 heterocycles. The summed E-state index contributed by atoms with van der Waals surface area (Å²) in [4.78, 5) is 15.5. The molecule has 0 aliphatic heterocycles. The van der Waals surface area contributed by atoms with E-state index in [0.717, 1.165) is 0 Å². The van der Waals surface area contributed by atoms with Gasteiger partial charge in [0.1, 0.15) is 5.02 Å². The first-order valence-corrected chi connectivity index (χ1v) is 5.95. The number of hydrogen-bond acceptors (Lipinski definition) is 3. The van der Waals surface area contributed by atoms with E-state index >= 15 is 0 Å². The van der Waals surface area contributed by atoms with E-state index in [9.17, 15) is 4.79 Å². The molecule has 17 heavy (non-hydrogen) atoms. The monoisotopic (exact) mass is 273 g/mol. The van der Waals surface area contributed by atoms with Gasteiger partial charge in [0.15, 0.2) is 5.15 Å². The molecular formula is C11H13Cl2N3O. The van der Waals surface area contributed by atoms with Crippen molar-refractivity contribution >= 4 is 23.2 Å². The van der Waals surface area contributed by atoms with Crippen LogP contribution in [0.3, 0.4) is 0 Å². The highest BCUT2D eigenvalue weighted by Gasteiger charge is 2.16. The van der Waals surface area contributed by atoms with Gasteiger partial charge in [-0.15, -0.1) is 0 Å². The lowest BCUT2D eigenvalue weighted by atomic mass is 9.90. The Morgan fingerprint density at radius 1 is 1.53 bits per heavy atom. The number of rotatable bonds is 4. The second-order valence-corrected chi connectivity index (χ2v) is 5.18. The Labute approximate surface area is 110 Å². The van der Waals surface area contributed by atoms with Crippen molar-refractivity contribution in [3.8, 4) is 6.07 Å². The van der Waals surface area contributed by atoms with E-state index in [2.05, 4.69) is 11.1 Å². The highest BCUT2D eigenvalue weighted by Crippen LogP contribution is 2.21. The van der Waals surface area contributed by atoms with Crippen LogP contribution in [0.5, 0.6) is 0 Å². The lowest BCUT2D eigenvalue weighted by Crippen LogP contribution is -2.22. The highest BCUT2D eigenvalue weighted by molar-refractivity contribution is 6.40. The van der Waals surface area contributed by atoms with E-state index < -0.39 is 0 Å². The van der Waals surface area contributed by atoms with E-state index in [1.54, 1.807) is 0 Å². The summed E-state index contributed by atoms with van der Waals surface area (Å²) in [7, 11) is 0. The van der Waals surface area contributed by atoms with Crippen LogP contribution < -0.4 is 5.56 Å². The Morgan fingerprint density at radius 2 is 2.18 bits per heavy atom. The lowest BCUT2D eigenvalue weighted by molar-refractivity contribution is 0.412. The predicted molar refractivity (Wildman–Crippen MR) is 67.1 cm³/mol. The zero-order valence-corrected chi connectivity index (χ0v) is 11.2. The molecule has 1 aromatic rings. The van der Waals surface area contributed by atoms with E-state index in [4.69, 9.17) is 28.5 Å². The summed E-state index contributed by atoms with van der Waals surface area (Å²) in [5.74, 6) is 0. The van der Waals surface area contributed by atoms with Crippen LogP contribution in [0, 0.1) is 16.7 Å². The Hall–Kier alpha value is -1.05. The number of halogens is 2. The van der Waals surface area contributed by atoms with Crippen LogP contribution in [0.15, 0.2) is 11.1 Å². The van der Waals surface area contributed by atoms with E-state index in [0.29, 0.717) is 19.4 Å². The third kappa shape index (κ3) is 3.72. The second kappa shape index (κ2) is 5.52. The fraction of sp³-hybridized carbons (Fsp3) is 0.545. The fourth-order valence-corrected chi connectivity index (χ4v) is 1.63. The molecule has 92 valence electrons. The summed E-state index contributed by atoms with van der Waals surface area (Å²) in [6.45, 7) is 4.21. The average molecular weight is 274 g/mol. The van der Waals surface area contributed by atoms with Gasteiger partial charge in [0.05, 0.1) is 17.8 Å². The summed E-state index contributed by atoms with van der Waals surface area (Å²) < 4.78 is 1.40. The maximum atomic E-state index is 11.7. The molecule has 0 spiro atoms. The lowest BCUT2D eigenvalue weighted by Gasteiger charge is -2.14. The first-order valence-electron chi connectivity index (χ1n) is 5.19. The molecule has 0 bridgehead atoms. The molecule has 1 aromatic heterocycles. The van der Waals surface area contributed by atoms with Crippen molar-refractivity contribution in [2.24, 2.45) is 5.41 Å². The summed E-state index contributed by atoms with van der Waals surface area (Å²) in [5.41, 5.74) is -0.728. The van der Waals surface area contributed by atoms with Gasteiger partial charge in [-0.1, -0.05) is 23.2 Å². The van der Waals surface area contributed by atoms with Crippen molar-refractivity contribution in [3.05, 3.63) is 26.9 Å². The fourth-order valence-electron chi connectivity index (χ4n) is 1.35. The predicted octanol–water partition coefficient (Wildman–Crippen LogP) is 2.88. The van der Waals surface area contributed by atoms with Crippen molar-refractivity contribution in [1.82, 2.24) is 9.55 Å². The summed E-state index contributed by atoms with van der Waals surface area (Å²) in [5, 5.41) is 8.81. The minimum absolute atomic E-state index is 0.0188. The van der Waals surface area contributed by atoms with Crippen LogP contribution in [-0.2, 0) is 6.54 Å². The average Bonchev–Trinajstić information content (AvgIpc) is 2.29. The van der Waals surface area contributed by atoms with E-state index in [-0.39, 0.29) is 21.2 Å². The first-order chi connectivity index (χ1) is 7.87. The molecular weight excluding hydrogens is 261 g/mol. The highest BCUT2D eigenvalue weighted by atomic mass is 35.5. The van der Waals surface area contributed by atoms with E-state index in [1.807, 2.05) is 13.8 Å². The zero-order chi connectivity index (χ0) is 13.1. The number of nitrogens with zero attached hydrogens (tertiary/aromatic N) is 3.